The first-order valence-corrected chi connectivity index (χ1v) is 6.38. The maximum atomic E-state index is 11.4. The van der Waals surface area contributed by atoms with Gasteiger partial charge in [-0.2, -0.15) is 0 Å². The lowest BCUT2D eigenvalue weighted by molar-refractivity contribution is 0.102. The molecule has 0 fully saturated rings. The SMILES string of the molecule is O=C(CBr)c1cc(Br)cc(Cl)c1Br. The molecule has 0 aliphatic rings. The Morgan fingerprint density at radius 2 is 2.00 bits per heavy atom. The van der Waals surface area contributed by atoms with E-state index in [-0.39, 0.29) is 5.78 Å². The van der Waals surface area contributed by atoms with E-state index in [9.17, 15) is 4.79 Å². The Balaban J connectivity index is 3.28. The summed E-state index contributed by atoms with van der Waals surface area (Å²) in [5.74, 6) is -0.00456. The van der Waals surface area contributed by atoms with Crippen molar-refractivity contribution in [2.45, 2.75) is 0 Å². The number of benzene rings is 1. The van der Waals surface area contributed by atoms with Crippen LogP contribution in [0.1, 0.15) is 10.4 Å². The van der Waals surface area contributed by atoms with Crippen LogP contribution in [-0.4, -0.2) is 11.1 Å². The number of hydrogen-bond donors (Lipinski definition) is 0. The predicted molar refractivity (Wildman–Crippen MR) is 65.0 cm³/mol. The van der Waals surface area contributed by atoms with Crippen molar-refractivity contribution < 1.29 is 4.79 Å². The van der Waals surface area contributed by atoms with E-state index in [4.69, 9.17) is 11.6 Å². The number of carbonyl (C=O) groups excluding carboxylic acids is 1. The van der Waals surface area contributed by atoms with E-state index in [1.165, 1.54) is 0 Å². The summed E-state index contributed by atoms with van der Waals surface area (Å²) >= 11 is 15.5. The van der Waals surface area contributed by atoms with Crippen molar-refractivity contribution in [1.29, 1.82) is 0 Å². The minimum absolute atomic E-state index is 0.00456. The molecule has 1 aromatic rings. The second kappa shape index (κ2) is 4.91. The van der Waals surface area contributed by atoms with E-state index in [1.807, 2.05) is 0 Å². The first-order valence-electron chi connectivity index (χ1n) is 3.30. The molecule has 0 atom stereocenters. The molecule has 0 aliphatic heterocycles. The summed E-state index contributed by atoms with van der Waals surface area (Å²) in [6.45, 7) is 0. The molecule has 0 aliphatic carbocycles. The molecule has 0 N–H and O–H groups in total. The van der Waals surface area contributed by atoms with Gasteiger partial charge in [0.1, 0.15) is 0 Å². The van der Waals surface area contributed by atoms with Gasteiger partial charge in [-0.15, -0.1) is 0 Å². The molecular formula is C8H4Br3ClO. The summed E-state index contributed by atoms with van der Waals surface area (Å²) in [7, 11) is 0. The van der Waals surface area contributed by atoms with Gasteiger partial charge in [-0.05, 0) is 28.1 Å². The second-order valence-electron chi connectivity index (χ2n) is 2.31. The van der Waals surface area contributed by atoms with Gasteiger partial charge in [0.15, 0.2) is 5.78 Å². The van der Waals surface area contributed by atoms with Crippen LogP contribution in [0.2, 0.25) is 5.02 Å². The van der Waals surface area contributed by atoms with Crippen LogP contribution in [0.3, 0.4) is 0 Å². The normalized spacial score (nSPS) is 10.2. The molecule has 0 aromatic heterocycles. The highest BCUT2D eigenvalue weighted by molar-refractivity contribution is 9.11. The van der Waals surface area contributed by atoms with Crippen LogP contribution in [-0.2, 0) is 0 Å². The fraction of sp³-hybridized carbons (Fsp3) is 0.125. The quantitative estimate of drug-likeness (QED) is 0.414. The molecule has 0 bridgehead atoms. The number of alkyl halides is 1. The van der Waals surface area contributed by atoms with Crippen LogP contribution in [0.15, 0.2) is 21.1 Å². The largest absolute Gasteiger partial charge is 0.293 e. The predicted octanol–water partition coefficient (Wildman–Crippen LogP) is 4.44. The molecule has 1 aromatic carbocycles. The summed E-state index contributed by atoms with van der Waals surface area (Å²) in [5, 5.41) is 0.817. The maximum absolute atomic E-state index is 11.4. The first kappa shape index (κ1) is 11.7. The van der Waals surface area contributed by atoms with Crippen molar-refractivity contribution in [1.82, 2.24) is 0 Å². The van der Waals surface area contributed by atoms with E-state index in [1.54, 1.807) is 12.1 Å². The maximum Gasteiger partial charge on any atom is 0.174 e. The zero-order valence-corrected chi connectivity index (χ0v) is 11.8. The van der Waals surface area contributed by atoms with Crippen LogP contribution in [0.5, 0.6) is 0 Å². The van der Waals surface area contributed by atoms with Crippen molar-refractivity contribution >= 4 is 65.2 Å². The lowest BCUT2D eigenvalue weighted by atomic mass is 10.1. The van der Waals surface area contributed by atoms with Gasteiger partial charge in [0, 0.05) is 14.5 Å². The minimum atomic E-state index is -0.00456. The summed E-state index contributed by atoms with van der Waals surface area (Å²) in [6.07, 6.45) is 0. The van der Waals surface area contributed by atoms with E-state index >= 15 is 0 Å². The molecule has 5 heteroatoms. The molecule has 0 saturated carbocycles. The molecule has 0 unspecified atom stereocenters. The van der Waals surface area contributed by atoms with Gasteiger partial charge in [-0.25, -0.2) is 0 Å². The van der Waals surface area contributed by atoms with Crippen molar-refractivity contribution in [3.63, 3.8) is 0 Å². The second-order valence-corrected chi connectivity index (χ2v) is 4.98. The fourth-order valence-corrected chi connectivity index (χ4v) is 2.39. The number of Topliss-reactive ketones (excluding diaryl/α,β-unsaturated/α-hetero) is 1. The number of halogens is 4. The van der Waals surface area contributed by atoms with Gasteiger partial charge in [-0.3, -0.25) is 4.79 Å². The average Bonchev–Trinajstić information content (AvgIpc) is 2.10. The Kier molecular flexibility index (Phi) is 4.42. The molecule has 1 nitrogen and oxygen atoms in total. The van der Waals surface area contributed by atoms with Crippen LogP contribution in [0, 0.1) is 0 Å². The van der Waals surface area contributed by atoms with Crippen LogP contribution >= 0.6 is 59.4 Å². The Hall–Kier alpha value is 0.620. The van der Waals surface area contributed by atoms with Crippen LogP contribution in [0.25, 0.3) is 0 Å². The molecular weight excluding hydrogens is 387 g/mol. The molecule has 0 spiro atoms. The van der Waals surface area contributed by atoms with Gasteiger partial charge < -0.3 is 0 Å². The van der Waals surface area contributed by atoms with Crippen molar-refractivity contribution in [2.75, 3.05) is 5.33 Å². The molecule has 0 heterocycles. The van der Waals surface area contributed by atoms with Crippen LogP contribution in [0.4, 0.5) is 0 Å². The highest BCUT2D eigenvalue weighted by Crippen LogP contribution is 2.30. The molecule has 0 amide bonds. The van der Waals surface area contributed by atoms with E-state index in [0.29, 0.717) is 20.4 Å². The molecule has 0 radical (unpaired) electrons. The Labute approximate surface area is 106 Å². The third-order valence-electron chi connectivity index (χ3n) is 1.41. The number of ketones is 1. The third kappa shape index (κ3) is 2.78. The standard InChI is InChI=1S/C8H4Br3ClO/c9-3-7(13)5-1-4(10)2-6(12)8(5)11/h1-2H,3H2. The topological polar surface area (TPSA) is 17.1 Å². The fourth-order valence-electron chi connectivity index (χ4n) is 0.831. The van der Waals surface area contributed by atoms with Gasteiger partial charge in [0.25, 0.3) is 0 Å². The Morgan fingerprint density at radius 3 is 2.54 bits per heavy atom. The molecule has 0 saturated heterocycles. The molecule has 13 heavy (non-hydrogen) atoms. The van der Waals surface area contributed by atoms with Gasteiger partial charge in [0.2, 0.25) is 0 Å². The molecule has 1 rings (SSSR count). The first-order chi connectivity index (χ1) is 6.06. The number of rotatable bonds is 2. The van der Waals surface area contributed by atoms with Crippen molar-refractivity contribution in [2.24, 2.45) is 0 Å². The summed E-state index contributed by atoms with van der Waals surface area (Å²) in [5.41, 5.74) is 0.580. The number of carbonyl (C=O) groups is 1. The monoisotopic (exact) mass is 388 g/mol. The minimum Gasteiger partial charge on any atom is -0.293 e. The van der Waals surface area contributed by atoms with Gasteiger partial charge >= 0.3 is 0 Å². The van der Waals surface area contributed by atoms with Crippen molar-refractivity contribution in [3.05, 3.63) is 31.7 Å². The summed E-state index contributed by atoms with van der Waals surface area (Å²) in [4.78, 5) is 11.4. The van der Waals surface area contributed by atoms with Crippen LogP contribution < -0.4 is 0 Å². The van der Waals surface area contributed by atoms with E-state index in [0.717, 1.165) is 4.47 Å². The molecule has 70 valence electrons. The summed E-state index contributed by atoms with van der Waals surface area (Å²) < 4.78 is 1.44. The van der Waals surface area contributed by atoms with Gasteiger partial charge in [-0.1, -0.05) is 43.5 Å². The number of hydrogen-bond acceptors (Lipinski definition) is 1. The zero-order chi connectivity index (χ0) is 10.0. The highest BCUT2D eigenvalue weighted by atomic mass is 79.9. The smallest absolute Gasteiger partial charge is 0.174 e. The van der Waals surface area contributed by atoms with Gasteiger partial charge in [0.05, 0.1) is 10.4 Å². The highest BCUT2D eigenvalue weighted by Gasteiger charge is 2.12. The Morgan fingerprint density at radius 1 is 1.38 bits per heavy atom. The zero-order valence-electron chi connectivity index (χ0n) is 6.28. The lowest BCUT2D eigenvalue weighted by Crippen LogP contribution is -2.01. The lowest BCUT2D eigenvalue weighted by Gasteiger charge is -2.04. The van der Waals surface area contributed by atoms with Crippen molar-refractivity contribution in [3.8, 4) is 0 Å². The summed E-state index contributed by atoms with van der Waals surface area (Å²) in [6, 6.07) is 3.47. The third-order valence-corrected chi connectivity index (χ3v) is 3.76. The van der Waals surface area contributed by atoms with E-state index in [2.05, 4.69) is 47.8 Å². The Bertz CT molecular complexity index is 351. The average molecular weight is 391 g/mol. The van der Waals surface area contributed by atoms with E-state index < -0.39 is 0 Å².